The van der Waals surface area contributed by atoms with Crippen molar-refractivity contribution in [1.82, 2.24) is 15.0 Å². The quantitative estimate of drug-likeness (QED) is 0.721. The van der Waals surface area contributed by atoms with Gasteiger partial charge in [0.25, 0.3) is 0 Å². The van der Waals surface area contributed by atoms with E-state index in [2.05, 4.69) is 15.0 Å². The fourth-order valence-corrected chi connectivity index (χ4v) is 1.14. The number of hydrogen-bond donors (Lipinski definition) is 1. The van der Waals surface area contributed by atoms with Crippen LogP contribution in [0.15, 0.2) is 36.7 Å². The summed E-state index contributed by atoms with van der Waals surface area (Å²) in [7, 11) is 0. The highest BCUT2D eigenvalue weighted by atomic mass is 16.1. The molecule has 1 aromatic heterocycles. The van der Waals surface area contributed by atoms with Gasteiger partial charge in [0.05, 0.1) is 0 Å². The smallest absolute Gasteiger partial charge is 0.230 e. The second-order valence-corrected chi connectivity index (χ2v) is 2.86. The Kier molecular flexibility index (Phi) is 2.37. The molecule has 5 nitrogen and oxygen atoms in total. The predicted molar refractivity (Wildman–Crippen MR) is 54.1 cm³/mol. The molecule has 0 saturated carbocycles. The van der Waals surface area contributed by atoms with Crippen LogP contribution in [0.1, 0.15) is 16.2 Å². The third-order valence-electron chi connectivity index (χ3n) is 1.83. The lowest BCUT2D eigenvalue weighted by Crippen LogP contribution is -2.09. The van der Waals surface area contributed by atoms with Crippen LogP contribution in [-0.4, -0.2) is 20.7 Å². The number of hydrogen-bond acceptors (Lipinski definition) is 5. The van der Waals surface area contributed by atoms with Gasteiger partial charge in [-0.05, 0) is 0 Å². The number of rotatable bonds is 2. The Balaban J connectivity index is 2.37. The van der Waals surface area contributed by atoms with Crippen LogP contribution in [0.3, 0.4) is 0 Å². The molecule has 0 atom stereocenters. The van der Waals surface area contributed by atoms with Gasteiger partial charge < -0.3 is 5.73 Å². The minimum absolute atomic E-state index is 0.0456. The Bertz CT molecular complexity index is 484. The van der Waals surface area contributed by atoms with Gasteiger partial charge in [-0.2, -0.15) is 4.98 Å². The fraction of sp³-hybridized carbons (Fsp3) is 0. The number of anilines is 1. The maximum Gasteiger partial charge on any atom is 0.230 e. The summed E-state index contributed by atoms with van der Waals surface area (Å²) in [6, 6.07) is 8.78. The van der Waals surface area contributed by atoms with Gasteiger partial charge in [0.1, 0.15) is 6.33 Å². The summed E-state index contributed by atoms with van der Waals surface area (Å²) in [5, 5.41) is 0. The molecule has 1 heterocycles. The lowest BCUT2D eigenvalue weighted by molar-refractivity contribution is 0.102. The molecular weight excluding hydrogens is 192 g/mol. The van der Waals surface area contributed by atoms with E-state index in [0.717, 1.165) is 0 Å². The van der Waals surface area contributed by atoms with Crippen molar-refractivity contribution in [3.63, 3.8) is 0 Å². The molecular formula is C10H8N4O. The first-order valence-electron chi connectivity index (χ1n) is 4.31. The van der Waals surface area contributed by atoms with Crippen LogP contribution < -0.4 is 5.73 Å². The predicted octanol–water partition coefficient (Wildman–Crippen LogP) is 0.685. The van der Waals surface area contributed by atoms with E-state index < -0.39 is 0 Å². The molecule has 0 fully saturated rings. The molecule has 2 aromatic rings. The van der Waals surface area contributed by atoms with E-state index in [0.29, 0.717) is 5.56 Å². The molecule has 1 aromatic carbocycles. The lowest BCUT2D eigenvalue weighted by atomic mass is 10.1. The Hall–Kier alpha value is -2.30. The zero-order valence-electron chi connectivity index (χ0n) is 7.79. The average molecular weight is 200 g/mol. The minimum atomic E-state index is -0.260. The first-order chi connectivity index (χ1) is 7.27. The van der Waals surface area contributed by atoms with E-state index in [4.69, 9.17) is 5.73 Å². The topological polar surface area (TPSA) is 81.8 Å². The molecule has 2 N–H and O–H groups in total. The largest absolute Gasteiger partial charge is 0.368 e. The van der Waals surface area contributed by atoms with Crippen LogP contribution in [0.5, 0.6) is 0 Å². The maximum atomic E-state index is 11.8. The highest BCUT2D eigenvalue weighted by molar-refractivity contribution is 6.06. The zero-order chi connectivity index (χ0) is 10.7. The molecule has 74 valence electrons. The van der Waals surface area contributed by atoms with E-state index in [9.17, 15) is 4.79 Å². The number of benzene rings is 1. The SMILES string of the molecule is Nc1ncnc(C(=O)c2ccccc2)n1. The standard InChI is InChI=1S/C10H8N4O/c11-10-13-6-12-9(14-10)8(15)7-4-2-1-3-5-7/h1-6H,(H2,11,12,13,14). The van der Waals surface area contributed by atoms with E-state index in [1.807, 2.05) is 6.07 Å². The van der Waals surface area contributed by atoms with Gasteiger partial charge in [-0.25, -0.2) is 9.97 Å². The first-order valence-corrected chi connectivity index (χ1v) is 4.31. The molecule has 5 heteroatoms. The molecule has 0 unspecified atom stereocenters. The van der Waals surface area contributed by atoms with Gasteiger partial charge in [-0.1, -0.05) is 30.3 Å². The van der Waals surface area contributed by atoms with Crippen molar-refractivity contribution in [3.8, 4) is 0 Å². The van der Waals surface area contributed by atoms with Crippen LogP contribution >= 0.6 is 0 Å². The summed E-state index contributed by atoms with van der Waals surface area (Å²) in [5.41, 5.74) is 5.89. The number of nitrogen functional groups attached to an aromatic ring is 1. The van der Waals surface area contributed by atoms with Crippen molar-refractivity contribution in [2.75, 3.05) is 5.73 Å². The Morgan fingerprint density at radius 3 is 2.53 bits per heavy atom. The van der Waals surface area contributed by atoms with Crippen molar-refractivity contribution < 1.29 is 4.79 Å². The zero-order valence-corrected chi connectivity index (χ0v) is 7.79. The number of nitrogens with two attached hydrogens (primary N) is 1. The van der Waals surface area contributed by atoms with Crippen molar-refractivity contribution in [2.24, 2.45) is 0 Å². The second kappa shape index (κ2) is 3.83. The number of aromatic nitrogens is 3. The molecule has 15 heavy (non-hydrogen) atoms. The van der Waals surface area contributed by atoms with Crippen LogP contribution in [-0.2, 0) is 0 Å². The molecule has 0 aliphatic heterocycles. The van der Waals surface area contributed by atoms with Gasteiger partial charge in [-0.3, -0.25) is 4.79 Å². The van der Waals surface area contributed by atoms with Crippen molar-refractivity contribution in [2.45, 2.75) is 0 Å². The molecule has 0 aliphatic carbocycles. The highest BCUT2D eigenvalue weighted by Crippen LogP contribution is 2.05. The van der Waals surface area contributed by atoms with Gasteiger partial charge in [0, 0.05) is 5.56 Å². The van der Waals surface area contributed by atoms with E-state index >= 15 is 0 Å². The van der Waals surface area contributed by atoms with Crippen LogP contribution in [0.4, 0.5) is 5.95 Å². The van der Waals surface area contributed by atoms with Crippen molar-refractivity contribution in [1.29, 1.82) is 0 Å². The summed E-state index contributed by atoms with van der Waals surface area (Å²) in [5.74, 6) is -0.150. The Morgan fingerprint density at radius 1 is 1.13 bits per heavy atom. The summed E-state index contributed by atoms with van der Waals surface area (Å²) < 4.78 is 0. The highest BCUT2D eigenvalue weighted by Gasteiger charge is 2.11. The van der Waals surface area contributed by atoms with Crippen LogP contribution in [0, 0.1) is 0 Å². The summed E-state index contributed by atoms with van der Waals surface area (Å²) in [6.45, 7) is 0. The lowest BCUT2D eigenvalue weighted by Gasteiger charge is -1.98. The van der Waals surface area contributed by atoms with Crippen molar-refractivity contribution >= 4 is 11.7 Å². The first kappa shape index (κ1) is 9.26. The van der Waals surface area contributed by atoms with Gasteiger partial charge in [0.2, 0.25) is 17.6 Å². The molecule has 0 amide bonds. The molecule has 0 radical (unpaired) electrons. The summed E-state index contributed by atoms with van der Waals surface area (Å²) >= 11 is 0. The number of ketones is 1. The monoisotopic (exact) mass is 200 g/mol. The third kappa shape index (κ3) is 1.96. The molecule has 0 aliphatic rings. The fourth-order valence-electron chi connectivity index (χ4n) is 1.14. The molecule has 0 saturated heterocycles. The molecule has 0 spiro atoms. The van der Waals surface area contributed by atoms with E-state index in [1.54, 1.807) is 24.3 Å². The maximum absolute atomic E-state index is 11.8. The molecule has 2 rings (SSSR count). The summed E-state index contributed by atoms with van der Waals surface area (Å²) in [4.78, 5) is 22.9. The van der Waals surface area contributed by atoms with Crippen molar-refractivity contribution in [3.05, 3.63) is 48.0 Å². The third-order valence-corrected chi connectivity index (χ3v) is 1.83. The normalized spacial score (nSPS) is 9.87. The van der Waals surface area contributed by atoms with Crippen LogP contribution in [0.25, 0.3) is 0 Å². The Morgan fingerprint density at radius 2 is 1.87 bits per heavy atom. The van der Waals surface area contributed by atoms with Gasteiger partial charge in [-0.15, -0.1) is 0 Å². The second-order valence-electron chi connectivity index (χ2n) is 2.86. The van der Waals surface area contributed by atoms with Crippen LogP contribution in [0.2, 0.25) is 0 Å². The Labute approximate surface area is 86.0 Å². The van der Waals surface area contributed by atoms with Gasteiger partial charge in [0.15, 0.2) is 0 Å². The number of carbonyl (C=O) groups is 1. The number of carbonyl (C=O) groups excluding carboxylic acids is 1. The van der Waals surface area contributed by atoms with Gasteiger partial charge >= 0.3 is 0 Å². The number of nitrogens with zero attached hydrogens (tertiary/aromatic N) is 3. The average Bonchev–Trinajstić information content (AvgIpc) is 2.29. The van der Waals surface area contributed by atoms with E-state index in [-0.39, 0.29) is 17.6 Å². The van der Waals surface area contributed by atoms with E-state index in [1.165, 1.54) is 6.33 Å². The summed E-state index contributed by atoms with van der Waals surface area (Å²) in [6.07, 6.45) is 1.22. The molecule has 0 bridgehead atoms. The minimum Gasteiger partial charge on any atom is -0.368 e.